The first-order valence-electron chi connectivity index (χ1n) is 3.94. The number of aromatic amines is 1. The second-order valence-corrected chi connectivity index (χ2v) is 4.28. The normalized spacial score (nSPS) is 12.9. The average Bonchev–Trinajstić information content (AvgIpc) is 2.64. The van der Waals surface area contributed by atoms with Crippen molar-refractivity contribution in [3.05, 3.63) is 12.2 Å². The summed E-state index contributed by atoms with van der Waals surface area (Å²) in [4.78, 5) is 3.58. The third kappa shape index (κ3) is 5.04. The molecule has 0 fully saturated rings. The van der Waals surface area contributed by atoms with Crippen molar-refractivity contribution in [2.24, 2.45) is 0 Å². The zero-order valence-electron chi connectivity index (χ0n) is 7.74. The van der Waals surface area contributed by atoms with Crippen LogP contribution < -0.4 is 9.44 Å². The van der Waals surface area contributed by atoms with Crippen LogP contribution in [-0.4, -0.2) is 36.3 Å². The fourth-order valence-corrected chi connectivity index (χ4v) is 1.49. The van der Waals surface area contributed by atoms with Gasteiger partial charge in [-0.25, -0.2) is 4.98 Å². The minimum atomic E-state index is -4.60. The molecule has 0 atom stereocenters. The van der Waals surface area contributed by atoms with Gasteiger partial charge in [0.25, 0.3) is 10.2 Å². The number of hydrogen-bond donors (Lipinski definition) is 3. The minimum Gasteiger partial charge on any atom is -0.262 e. The lowest BCUT2D eigenvalue weighted by atomic mass is 10.6. The van der Waals surface area contributed by atoms with Crippen molar-refractivity contribution >= 4 is 10.2 Å². The van der Waals surface area contributed by atoms with Crippen molar-refractivity contribution in [3.63, 3.8) is 0 Å². The van der Waals surface area contributed by atoms with E-state index in [4.69, 9.17) is 0 Å². The highest BCUT2D eigenvalue weighted by Gasteiger charge is 2.29. The van der Waals surface area contributed by atoms with E-state index in [-0.39, 0.29) is 12.4 Å². The van der Waals surface area contributed by atoms with Crippen molar-refractivity contribution in [1.29, 1.82) is 0 Å². The Morgan fingerprint density at radius 2 is 2.06 bits per heavy atom. The number of H-pyrrole nitrogens is 1. The molecule has 1 aromatic rings. The average molecular weight is 259 g/mol. The smallest absolute Gasteiger partial charge is 0.262 e. The van der Waals surface area contributed by atoms with Gasteiger partial charge in [-0.1, -0.05) is 0 Å². The van der Waals surface area contributed by atoms with Crippen LogP contribution in [0.15, 0.2) is 6.33 Å². The highest BCUT2D eigenvalue weighted by molar-refractivity contribution is 7.87. The first-order valence-corrected chi connectivity index (χ1v) is 5.42. The maximum Gasteiger partial charge on any atom is 0.402 e. The minimum absolute atomic E-state index is 0.192. The molecule has 11 heteroatoms. The fraction of sp³-hybridized carbons (Fsp3) is 0.600. The van der Waals surface area contributed by atoms with Gasteiger partial charge in [0.2, 0.25) is 0 Å². The molecule has 1 heterocycles. The summed E-state index contributed by atoms with van der Waals surface area (Å²) in [5, 5.41) is 5.78. The summed E-state index contributed by atoms with van der Waals surface area (Å²) < 4.78 is 60.3. The Labute approximate surface area is 88.6 Å². The molecule has 0 spiro atoms. The van der Waals surface area contributed by atoms with E-state index in [9.17, 15) is 21.6 Å². The van der Waals surface area contributed by atoms with Gasteiger partial charge in [-0.3, -0.25) is 5.10 Å². The first kappa shape index (κ1) is 12.9. The van der Waals surface area contributed by atoms with Gasteiger partial charge < -0.3 is 0 Å². The topological polar surface area (TPSA) is 99.8 Å². The van der Waals surface area contributed by atoms with E-state index >= 15 is 0 Å². The second kappa shape index (κ2) is 4.76. The van der Waals surface area contributed by atoms with Crippen LogP contribution in [0.5, 0.6) is 0 Å². The Bertz CT molecular complexity index is 414. The molecular formula is C5H8F3N5O2S. The van der Waals surface area contributed by atoms with Gasteiger partial charge in [0.05, 0.1) is 6.54 Å². The van der Waals surface area contributed by atoms with Crippen LogP contribution in [0.3, 0.4) is 0 Å². The van der Waals surface area contributed by atoms with Gasteiger partial charge in [0, 0.05) is 0 Å². The largest absolute Gasteiger partial charge is 0.402 e. The lowest BCUT2D eigenvalue weighted by Gasteiger charge is -2.09. The predicted molar refractivity (Wildman–Crippen MR) is 46.2 cm³/mol. The fourth-order valence-electron chi connectivity index (χ4n) is 0.707. The summed E-state index contributed by atoms with van der Waals surface area (Å²) in [5.74, 6) is 0.192. The number of hydrogen-bond acceptors (Lipinski definition) is 4. The molecule has 0 saturated heterocycles. The summed E-state index contributed by atoms with van der Waals surface area (Å²) in [5.41, 5.74) is 0. The molecule has 0 aliphatic carbocycles. The molecule has 0 radical (unpaired) electrons. The van der Waals surface area contributed by atoms with Crippen LogP contribution in [0, 0.1) is 0 Å². The van der Waals surface area contributed by atoms with Crippen LogP contribution >= 0.6 is 0 Å². The molecule has 0 bridgehead atoms. The number of aromatic nitrogens is 3. The van der Waals surface area contributed by atoms with E-state index in [0.717, 1.165) is 6.33 Å². The zero-order chi connectivity index (χ0) is 12.2. The molecule has 7 nitrogen and oxygen atoms in total. The van der Waals surface area contributed by atoms with E-state index in [1.165, 1.54) is 4.72 Å². The number of halogens is 3. The molecule has 0 aliphatic heterocycles. The maximum atomic E-state index is 11.7. The van der Waals surface area contributed by atoms with Crippen LogP contribution in [0.2, 0.25) is 0 Å². The van der Waals surface area contributed by atoms with Gasteiger partial charge in [-0.05, 0) is 0 Å². The molecule has 1 rings (SSSR count). The second-order valence-electron chi connectivity index (χ2n) is 2.69. The molecule has 0 aromatic carbocycles. The molecule has 16 heavy (non-hydrogen) atoms. The molecular weight excluding hydrogens is 251 g/mol. The number of nitrogens with zero attached hydrogens (tertiary/aromatic N) is 2. The quantitative estimate of drug-likeness (QED) is 0.650. The molecule has 92 valence electrons. The number of alkyl halides is 3. The summed E-state index contributed by atoms with van der Waals surface area (Å²) >= 11 is 0. The van der Waals surface area contributed by atoms with Crippen LogP contribution in [-0.2, 0) is 16.8 Å². The van der Waals surface area contributed by atoms with Crippen LogP contribution in [0.1, 0.15) is 5.82 Å². The van der Waals surface area contributed by atoms with Gasteiger partial charge in [0.15, 0.2) is 0 Å². The first-order chi connectivity index (χ1) is 7.29. The third-order valence-electron chi connectivity index (χ3n) is 1.36. The Hall–Kier alpha value is -1.20. The van der Waals surface area contributed by atoms with Gasteiger partial charge in [0.1, 0.15) is 18.7 Å². The monoisotopic (exact) mass is 259 g/mol. The van der Waals surface area contributed by atoms with E-state index in [1.54, 1.807) is 0 Å². The summed E-state index contributed by atoms with van der Waals surface area (Å²) in [6.07, 6.45) is -3.45. The highest BCUT2D eigenvalue weighted by Crippen LogP contribution is 2.12. The molecule has 0 aliphatic rings. The summed E-state index contributed by atoms with van der Waals surface area (Å²) in [6.45, 7) is -1.90. The van der Waals surface area contributed by atoms with Crippen molar-refractivity contribution in [3.8, 4) is 0 Å². The van der Waals surface area contributed by atoms with E-state index in [0.29, 0.717) is 0 Å². The SMILES string of the molecule is O=S(=O)(NCc1ncn[nH]1)NCC(F)(F)F. The standard InChI is InChI=1S/C5H8F3N5O2S/c6-5(7,8)2-12-16(14,15)11-1-4-9-3-10-13-4/h3,11-12H,1-2H2,(H,9,10,13). The van der Waals surface area contributed by atoms with Gasteiger partial charge in [-0.2, -0.15) is 36.1 Å². The zero-order valence-corrected chi connectivity index (χ0v) is 8.56. The Morgan fingerprint density at radius 3 is 2.56 bits per heavy atom. The Kier molecular flexibility index (Phi) is 3.83. The molecule has 1 aromatic heterocycles. The van der Waals surface area contributed by atoms with Crippen LogP contribution in [0.4, 0.5) is 13.2 Å². The molecule has 0 amide bonds. The molecule has 0 unspecified atom stereocenters. The predicted octanol–water partition coefficient (Wildman–Crippen LogP) is -0.709. The molecule has 0 saturated carbocycles. The van der Waals surface area contributed by atoms with Crippen molar-refractivity contribution in [1.82, 2.24) is 24.6 Å². The molecule has 3 N–H and O–H groups in total. The van der Waals surface area contributed by atoms with Gasteiger partial charge in [-0.15, -0.1) is 0 Å². The van der Waals surface area contributed by atoms with Crippen molar-refractivity contribution in [2.75, 3.05) is 6.54 Å². The van der Waals surface area contributed by atoms with E-state index in [2.05, 4.69) is 15.2 Å². The van der Waals surface area contributed by atoms with E-state index < -0.39 is 22.9 Å². The maximum absolute atomic E-state index is 11.7. The van der Waals surface area contributed by atoms with Crippen LogP contribution in [0.25, 0.3) is 0 Å². The third-order valence-corrected chi connectivity index (χ3v) is 2.41. The number of nitrogens with one attached hydrogen (secondary N) is 3. The Balaban J connectivity index is 2.41. The van der Waals surface area contributed by atoms with Crippen molar-refractivity contribution < 1.29 is 21.6 Å². The highest BCUT2D eigenvalue weighted by atomic mass is 32.2. The lowest BCUT2D eigenvalue weighted by molar-refractivity contribution is -0.121. The van der Waals surface area contributed by atoms with E-state index in [1.807, 2.05) is 4.72 Å². The number of rotatable bonds is 5. The lowest BCUT2D eigenvalue weighted by Crippen LogP contribution is -2.41. The summed E-state index contributed by atoms with van der Waals surface area (Å²) in [7, 11) is -4.20. The van der Waals surface area contributed by atoms with Gasteiger partial charge >= 0.3 is 6.18 Å². The summed E-state index contributed by atoms with van der Waals surface area (Å²) in [6, 6.07) is 0. The Morgan fingerprint density at radius 1 is 1.38 bits per heavy atom. The van der Waals surface area contributed by atoms with Crippen molar-refractivity contribution in [2.45, 2.75) is 12.7 Å².